The molecule has 2 atom stereocenters. The third-order valence-electron chi connectivity index (χ3n) is 4.81. The van der Waals surface area contributed by atoms with Crippen LogP contribution in [0.25, 0.3) is 11.0 Å². The normalized spacial score (nSPS) is 21.5. The Balaban J connectivity index is 1.93. The van der Waals surface area contributed by atoms with Crippen molar-refractivity contribution in [1.29, 1.82) is 0 Å². The molecule has 1 aliphatic rings. The molecule has 5 nitrogen and oxygen atoms in total. The average molecular weight is 318 g/mol. The molecular weight excluding hydrogens is 294 g/mol. The van der Waals surface area contributed by atoms with Crippen molar-refractivity contribution in [3.05, 3.63) is 40.2 Å². The van der Waals surface area contributed by atoms with Crippen molar-refractivity contribution in [2.75, 3.05) is 20.3 Å². The molecule has 2 aromatic rings. The molecule has 0 radical (unpaired) electrons. The van der Waals surface area contributed by atoms with E-state index >= 15 is 0 Å². The summed E-state index contributed by atoms with van der Waals surface area (Å²) in [5, 5.41) is 10.2. The van der Waals surface area contributed by atoms with Crippen molar-refractivity contribution in [2.45, 2.75) is 38.3 Å². The van der Waals surface area contributed by atoms with Crippen molar-refractivity contribution in [2.24, 2.45) is 0 Å². The van der Waals surface area contributed by atoms with Gasteiger partial charge in [-0.25, -0.2) is 4.79 Å². The van der Waals surface area contributed by atoms with Gasteiger partial charge in [-0.2, -0.15) is 0 Å². The Bertz CT molecular complexity index is 723. The Morgan fingerprint density at radius 1 is 1.35 bits per heavy atom. The van der Waals surface area contributed by atoms with Gasteiger partial charge in [-0.05, 0) is 31.4 Å². The highest BCUT2D eigenvalue weighted by Crippen LogP contribution is 2.22. The van der Waals surface area contributed by atoms with E-state index in [0.717, 1.165) is 36.9 Å². The molecule has 124 valence electrons. The topological polar surface area (TPSA) is 64.1 Å². The third-order valence-corrected chi connectivity index (χ3v) is 4.81. The van der Waals surface area contributed by atoms with Gasteiger partial charge in [0.2, 0.25) is 0 Å². The Kier molecular flexibility index (Phi) is 4.98. The molecule has 1 aromatic heterocycles. The third kappa shape index (κ3) is 3.57. The first kappa shape index (κ1) is 16.0. The van der Waals surface area contributed by atoms with Gasteiger partial charge >= 0.3 is 5.63 Å². The van der Waals surface area contributed by atoms with E-state index in [-0.39, 0.29) is 12.2 Å². The second-order valence-electron chi connectivity index (χ2n) is 6.24. The SMILES string of the molecule is COc1ccc2c(C[NH+]3CCCC[C@@H]3CCO)cc(=O)oc2c1. The lowest BCUT2D eigenvalue weighted by Crippen LogP contribution is -3.15. The van der Waals surface area contributed by atoms with Gasteiger partial charge < -0.3 is 19.2 Å². The maximum atomic E-state index is 11.9. The van der Waals surface area contributed by atoms with Gasteiger partial charge in [0, 0.05) is 36.1 Å². The average Bonchev–Trinajstić information content (AvgIpc) is 2.56. The molecule has 2 N–H and O–H groups in total. The molecule has 1 unspecified atom stereocenters. The lowest BCUT2D eigenvalue weighted by molar-refractivity contribution is -0.944. The molecule has 0 spiro atoms. The molecule has 3 rings (SSSR count). The Morgan fingerprint density at radius 3 is 3.00 bits per heavy atom. The first-order chi connectivity index (χ1) is 11.2. The summed E-state index contributed by atoms with van der Waals surface area (Å²) < 4.78 is 10.5. The van der Waals surface area contributed by atoms with Crippen LogP contribution in [0.1, 0.15) is 31.2 Å². The fraction of sp³-hybridized carbons (Fsp3) is 0.500. The van der Waals surface area contributed by atoms with Crippen LogP contribution in [0.5, 0.6) is 5.75 Å². The molecule has 0 saturated carbocycles. The minimum atomic E-state index is -0.323. The van der Waals surface area contributed by atoms with Crippen molar-refractivity contribution in [1.82, 2.24) is 0 Å². The molecule has 2 heterocycles. The number of hydrogen-bond donors (Lipinski definition) is 2. The summed E-state index contributed by atoms with van der Waals surface area (Å²) in [4.78, 5) is 13.3. The number of quaternary nitrogens is 1. The monoisotopic (exact) mass is 318 g/mol. The number of aliphatic hydroxyl groups excluding tert-OH is 1. The first-order valence-corrected chi connectivity index (χ1v) is 8.27. The van der Waals surface area contributed by atoms with Crippen molar-refractivity contribution in [3.8, 4) is 5.75 Å². The zero-order chi connectivity index (χ0) is 16.2. The summed E-state index contributed by atoms with van der Waals surface area (Å²) in [6, 6.07) is 7.68. The van der Waals surface area contributed by atoms with Crippen LogP contribution in [0.2, 0.25) is 0 Å². The van der Waals surface area contributed by atoms with Crippen molar-refractivity contribution in [3.63, 3.8) is 0 Å². The predicted octanol–water partition coefficient (Wildman–Crippen LogP) is 1.12. The van der Waals surface area contributed by atoms with E-state index in [1.165, 1.54) is 17.7 Å². The summed E-state index contributed by atoms with van der Waals surface area (Å²) >= 11 is 0. The fourth-order valence-electron chi connectivity index (χ4n) is 3.62. The highest BCUT2D eigenvalue weighted by atomic mass is 16.5. The van der Waals surface area contributed by atoms with E-state index in [1.807, 2.05) is 12.1 Å². The smallest absolute Gasteiger partial charge is 0.336 e. The second kappa shape index (κ2) is 7.15. The molecule has 1 fully saturated rings. The van der Waals surface area contributed by atoms with Gasteiger partial charge in [-0.1, -0.05) is 0 Å². The van der Waals surface area contributed by atoms with E-state index in [9.17, 15) is 9.90 Å². The number of nitrogens with one attached hydrogen (secondary N) is 1. The molecular formula is C18H24NO4+. The number of ether oxygens (including phenoxy) is 1. The van der Waals surface area contributed by atoms with Gasteiger partial charge in [0.15, 0.2) is 0 Å². The lowest BCUT2D eigenvalue weighted by Gasteiger charge is -2.32. The zero-order valence-electron chi connectivity index (χ0n) is 13.5. The van der Waals surface area contributed by atoms with Gasteiger partial charge in [-0.15, -0.1) is 0 Å². The molecule has 1 aromatic carbocycles. The van der Waals surface area contributed by atoms with E-state index in [1.54, 1.807) is 19.2 Å². The number of piperidine rings is 1. The van der Waals surface area contributed by atoms with Gasteiger partial charge in [0.05, 0.1) is 19.7 Å². The van der Waals surface area contributed by atoms with Gasteiger partial charge in [0.1, 0.15) is 17.9 Å². The number of benzene rings is 1. The molecule has 23 heavy (non-hydrogen) atoms. The predicted molar refractivity (Wildman–Crippen MR) is 87.9 cm³/mol. The summed E-state index contributed by atoms with van der Waals surface area (Å²) in [6.45, 7) is 2.10. The number of rotatable bonds is 5. The molecule has 0 bridgehead atoms. The molecule has 0 amide bonds. The van der Waals surface area contributed by atoms with Crippen LogP contribution in [0.3, 0.4) is 0 Å². The number of aliphatic hydroxyl groups is 1. The zero-order valence-corrected chi connectivity index (χ0v) is 13.5. The second-order valence-corrected chi connectivity index (χ2v) is 6.24. The Hall–Kier alpha value is -1.85. The highest BCUT2D eigenvalue weighted by molar-refractivity contribution is 5.81. The maximum Gasteiger partial charge on any atom is 0.336 e. The number of methoxy groups -OCH3 is 1. The minimum absolute atomic E-state index is 0.225. The quantitative estimate of drug-likeness (QED) is 0.811. The summed E-state index contributed by atoms with van der Waals surface area (Å²) in [5.74, 6) is 0.682. The number of hydrogen-bond acceptors (Lipinski definition) is 4. The van der Waals surface area contributed by atoms with Crippen molar-refractivity contribution >= 4 is 11.0 Å². The van der Waals surface area contributed by atoms with Gasteiger partial charge in [0.25, 0.3) is 0 Å². The first-order valence-electron chi connectivity index (χ1n) is 8.27. The van der Waals surface area contributed by atoms with Crippen LogP contribution < -0.4 is 15.3 Å². The fourth-order valence-corrected chi connectivity index (χ4v) is 3.62. The largest absolute Gasteiger partial charge is 0.497 e. The van der Waals surface area contributed by atoms with E-state index in [0.29, 0.717) is 17.4 Å². The van der Waals surface area contributed by atoms with Crippen LogP contribution >= 0.6 is 0 Å². The van der Waals surface area contributed by atoms with Gasteiger partial charge in [-0.3, -0.25) is 0 Å². The van der Waals surface area contributed by atoms with E-state index in [2.05, 4.69) is 0 Å². The van der Waals surface area contributed by atoms with Crippen molar-refractivity contribution < 1.29 is 19.2 Å². The molecule has 0 aliphatic carbocycles. The van der Waals surface area contributed by atoms with E-state index < -0.39 is 0 Å². The number of likely N-dealkylation sites (tertiary alicyclic amines) is 1. The van der Waals surface area contributed by atoms with Crippen LogP contribution in [0.15, 0.2) is 33.5 Å². The lowest BCUT2D eigenvalue weighted by atomic mass is 9.98. The Morgan fingerprint density at radius 2 is 2.22 bits per heavy atom. The molecule has 1 saturated heterocycles. The van der Waals surface area contributed by atoms with Crippen LogP contribution in [0, 0.1) is 0 Å². The summed E-state index contributed by atoms with van der Waals surface area (Å²) in [6.07, 6.45) is 4.39. The van der Waals surface area contributed by atoms with Crippen LogP contribution in [0.4, 0.5) is 0 Å². The summed E-state index contributed by atoms with van der Waals surface area (Å²) in [5.41, 5.74) is 1.26. The maximum absolute atomic E-state index is 11.9. The van der Waals surface area contributed by atoms with Crippen LogP contribution in [-0.4, -0.2) is 31.4 Å². The Labute approximate surface area is 135 Å². The summed E-state index contributed by atoms with van der Waals surface area (Å²) in [7, 11) is 1.60. The minimum Gasteiger partial charge on any atom is -0.497 e. The standard InChI is InChI=1S/C18H23NO4/c1-22-15-5-6-16-13(10-18(21)23-17(16)11-15)12-19-8-3-2-4-14(19)7-9-20/h5-6,10-11,14,20H,2-4,7-9,12H2,1H3/p+1/t14-/m1/s1. The number of fused-ring (bicyclic) bond motifs is 1. The highest BCUT2D eigenvalue weighted by Gasteiger charge is 2.26. The molecule has 1 aliphatic heterocycles. The molecule has 5 heteroatoms. The van der Waals surface area contributed by atoms with E-state index in [4.69, 9.17) is 9.15 Å². The van der Waals surface area contributed by atoms with Crippen LogP contribution in [-0.2, 0) is 6.54 Å².